The number of nitrogens with one attached hydrogen (secondary N) is 2. The Labute approximate surface area is 142 Å². The van der Waals surface area contributed by atoms with Crippen LogP contribution in [0.5, 0.6) is 5.75 Å². The van der Waals surface area contributed by atoms with Gasteiger partial charge in [-0.1, -0.05) is 11.2 Å². The van der Waals surface area contributed by atoms with Crippen molar-refractivity contribution in [3.63, 3.8) is 0 Å². The van der Waals surface area contributed by atoms with Gasteiger partial charge in [0.15, 0.2) is 5.75 Å². The summed E-state index contributed by atoms with van der Waals surface area (Å²) in [7, 11) is 1.38. The largest absolute Gasteiger partial charge is 0.491 e. The van der Waals surface area contributed by atoms with Gasteiger partial charge in [0.1, 0.15) is 11.4 Å². The smallest absolute Gasteiger partial charge is 0.267 e. The minimum absolute atomic E-state index is 0.143. The lowest BCUT2D eigenvalue weighted by Gasteiger charge is -2.04. The molecule has 0 saturated heterocycles. The third kappa shape index (κ3) is 3.89. The van der Waals surface area contributed by atoms with Gasteiger partial charge in [0, 0.05) is 31.4 Å². The maximum absolute atomic E-state index is 12.0. The number of hydrogen-bond donors (Lipinski definition) is 2. The molecule has 0 fully saturated rings. The number of H-pyrrole nitrogens is 1. The second kappa shape index (κ2) is 7.39. The molecule has 9 nitrogen and oxygen atoms in total. The molecule has 3 rings (SSSR count). The van der Waals surface area contributed by atoms with Crippen LogP contribution in [0.4, 0.5) is 0 Å². The Morgan fingerprint density at radius 2 is 2.28 bits per heavy atom. The van der Waals surface area contributed by atoms with Gasteiger partial charge in [-0.2, -0.15) is 4.98 Å². The average Bonchev–Trinajstić information content (AvgIpc) is 3.11. The lowest BCUT2D eigenvalue weighted by molar-refractivity contribution is 0.0948. The molecular weight excluding hydrogens is 326 g/mol. The topological polar surface area (TPSA) is 123 Å². The van der Waals surface area contributed by atoms with E-state index in [0.29, 0.717) is 23.8 Å². The number of amides is 1. The second-order valence-corrected chi connectivity index (χ2v) is 5.01. The molecule has 3 aromatic rings. The molecule has 25 heavy (non-hydrogen) atoms. The van der Waals surface area contributed by atoms with Gasteiger partial charge in [-0.05, 0) is 12.1 Å². The Kier molecular flexibility index (Phi) is 4.84. The van der Waals surface area contributed by atoms with Crippen molar-refractivity contribution < 1.29 is 14.1 Å². The van der Waals surface area contributed by atoms with Gasteiger partial charge in [0.25, 0.3) is 5.91 Å². The molecule has 0 aliphatic heterocycles. The molecule has 0 saturated carbocycles. The second-order valence-electron chi connectivity index (χ2n) is 5.01. The predicted octanol–water partition coefficient (Wildman–Crippen LogP) is 0.801. The fourth-order valence-electron chi connectivity index (χ4n) is 2.08. The first-order chi connectivity index (χ1) is 12.2. The predicted molar refractivity (Wildman–Crippen MR) is 87.2 cm³/mol. The number of aromatic nitrogens is 4. The molecule has 128 valence electrons. The molecule has 0 radical (unpaired) electrons. The molecule has 9 heteroatoms. The number of nitrogens with zero attached hydrogens (tertiary/aromatic N) is 3. The maximum Gasteiger partial charge on any atom is 0.267 e. The Morgan fingerprint density at radius 3 is 3.00 bits per heavy atom. The zero-order valence-corrected chi connectivity index (χ0v) is 13.4. The molecular formula is C16H15N5O4. The van der Waals surface area contributed by atoms with Crippen LogP contribution in [0.25, 0.3) is 11.5 Å². The van der Waals surface area contributed by atoms with Gasteiger partial charge < -0.3 is 19.6 Å². The highest BCUT2D eigenvalue weighted by atomic mass is 16.5. The van der Waals surface area contributed by atoms with Crippen molar-refractivity contribution >= 4 is 5.91 Å². The fourth-order valence-corrected chi connectivity index (χ4v) is 2.08. The summed E-state index contributed by atoms with van der Waals surface area (Å²) in [5, 5.41) is 6.52. The molecule has 0 aromatic carbocycles. The number of methoxy groups -OCH3 is 1. The van der Waals surface area contributed by atoms with Crippen molar-refractivity contribution in [3.05, 3.63) is 58.5 Å². The van der Waals surface area contributed by atoms with Crippen molar-refractivity contribution in [2.24, 2.45) is 0 Å². The highest BCUT2D eigenvalue weighted by Gasteiger charge is 2.11. The van der Waals surface area contributed by atoms with E-state index in [1.165, 1.54) is 19.4 Å². The van der Waals surface area contributed by atoms with E-state index < -0.39 is 5.91 Å². The minimum atomic E-state index is -0.413. The summed E-state index contributed by atoms with van der Waals surface area (Å²) in [6.07, 6.45) is 3.33. The fraction of sp³-hybridized carbons (Fsp3) is 0.188. The normalized spacial score (nSPS) is 10.4. The van der Waals surface area contributed by atoms with Crippen molar-refractivity contribution in [1.82, 2.24) is 25.4 Å². The molecule has 0 aliphatic carbocycles. The van der Waals surface area contributed by atoms with Gasteiger partial charge in [0.2, 0.25) is 17.1 Å². The van der Waals surface area contributed by atoms with Crippen molar-refractivity contribution in [2.75, 3.05) is 13.7 Å². The number of rotatable bonds is 6. The Morgan fingerprint density at radius 1 is 1.40 bits per heavy atom. The highest BCUT2D eigenvalue weighted by molar-refractivity contribution is 5.92. The van der Waals surface area contributed by atoms with Gasteiger partial charge in [-0.15, -0.1) is 0 Å². The van der Waals surface area contributed by atoms with Crippen molar-refractivity contribution in [3.8, 4) is 17.3 Å². The van der Waals surface area contributed by atoms with E-state index in [-0.39, 0.29) is 23.4 Å². The molecule has 0 unspecified atom stereocenters. The molecule has 0 atom stereocenters. The summed E-state index contributed by atoms with van der Waals surface area (Å²) in [6, 6.07) is 6.58. The van der Waals surface area contributed by atoms with Gasteiger partial charge in [-0.25, -0.2) is 0 Å². The summed E-state index contributed by atoms with van der Waals surface area (Å²) in [5.74, 6) is 0.499. The van der Waals surface area contributed by atoms with Crippen molar-refractivity contribution in [1.29, 1.82) is 0 Å². The number of aromatic amines is 1. The Balaban J connectivity index is 1.56. The van der Waals surface area contributed by atoms with Crippen LogP contribution in [-0.4, -0.2) is 39.7 Å². The zero-order valence-electron chi connectivity index (χ0n) is 13.4. The molecule has 1 amide bonds. The SMILES string of the molecule is COc1c[nH]c(C(=O)NCCc2nc(-c3ccccn3)no2)cc1=O. The van der Waals surface area contributed by atoms with Gasteiger partial charge >= 0.3 is 0 Å². The number of carbonyl (C=O) groups is 1. The average molecular weight is 341 g/mol. The van der Waals surface area contributed by atoms with Crippen LogP contribution in [0.15, 0.2) is 46.0 Å². The third-order valence-electron chi connectivity index (χ3n) is 3.33. The molecule has 0 spiro atoms. The van der Waals surface area contributed by atoms with E-state index >= 15 is 0 Å². The number of ether oxygens (including phenoxy) is 1. The van der Waals surface area contributed by atoms with E-state index in [2.05, 4.69) is 25.4 Å². The zero-order chi connectivity index (χ0) is 17.6. The van der Waals surface area contributed by atoms with E-state index in [4.69, 9.17) is 9.26 Å². The molecule has 0 bridgehead atoms. The number of hydrogen-bond acceptors (Lipinski definition) is 7. The summed E-state index contributed by atoms with van der Waals surface area (Å²) >= 11 is 0. The van der Waals surface area contributed by atoms with Crippen LogP contribution >= 0.6 is 0 Å². The standard InChI is InChI=1S/C16H15N5O4/c1-24-13-9-19-11(8-12(13)22)16(23)18-7-5-14-20-15(21-25-14)10-4-2-3-6-17-10/h2-4,6,8-9H,5,7H2,1H3,(H,18,23)(H,19,22). The number of carbonyl (C=O) groups excluding carboxylic acids is 1. The molecule has 3 heterocycles. The molecule has 3 aromatic heterocycles. The van der Waals surface area contributed by atoms with Crippen LogP contribution in [0, 0.1) is 0 Å². The van der Waals surface area contributed by atoms with Crippen LogP contribution in [0.1, 0.15) is 16.4 Å². The van der Waals surface area contributed by atoms with E-state index in [0.717, 1.165) is 0 Å². The first kappa shape index (κ1) is 16.4. The van der Waals surface area contributed by atoms with Crippen LogP contribution < -0.4 is 15.5 Å². The summed E-state index contributed by atoms with van der Waals surface area (Å²) < 4.78 is 9.98. The third-order valence-corrected chi connectivity index (χ3v) is 3.33. The summed E-state index contributed by atoms with van der Waals surface area (Å²) in [5.41, 5.74) is 0.381. The Hall–Kier alpha value is -3.49. The van der Waals surface area contributed by atoms with Gasteiger partial charge in [0.05, 0.1) is 7.11 Å². The maximum atomic E-state index is 12.0. The first-order valence-electron chi connectivity index (χ1n) is 7.46. The van der Waals surface area contributed by atoms with Gasteiger partial charge in [-0.3, -0.25) is 14.6 Å². The molecule has 0 aliphatic rings. The Bertz CT molecular complexity index is 920. The minimum Gasteiger partial charge on any atom is -0.491 e. The van der Waals surface area contributed by atoms with Crippen LogP contribution in [0.2, 0.25) is 0 Å². The van der Waals surface area contributed by atoms with E-state index in [1.807, 2.05) is 6.07 Å². The van der Waals surface area contributed by atoms with Crippen LogP contribution in [-0.2, 0) is 6.42 Å². The monoisotopic (exact) mass is 341 g/mol. The molecule has 2 N–H and O–H groups in total. The van der Waals surface area contributed by atoms with Crippen molar-refractivity contribution in [2.45, 2.75) is 6.42 Å². The highest BCUT2D eigenvalue weighted by Crippen LogP contribution is 2.11. The van der Waals surface area contributed by atoms with E-state index in [1.54, 1.807) is 18.3 Å². The lowest BCUT2D eigenvalue weighted by Crippen LogP contribution is -2.27. The van der Waals surface area contributed by atoms with Crippen LogP contribution in [0.3, 0.4) is 0 Å². The summed E-state index contributed by atoms with van der Waals surface area (Å²) in [6.45, 7) is 0.275. The lowest BCUT2D eigenvalue weighted by atomic mass is 10.3. The van der Waals surface area contributed by atoms with E-state index in [9.17, 15) is 9.59 Å². The first-order valence-corrected chi connectivity index (χ1v) is 7.46. The quantitative estimate of drug-likeness (QED) is 0.680. The summed E-state index contributed by atoms with van der Waals surface area (Å²) in [4.78, 5) is 34.7. The number of pyridine rings is 2.